The van der Waals surface area contributed by atoms with E-state index in [4.69, 9.17) is 10.5 Å². The third-order valence-electron chi connectivity index (χ3n) is 2.69. The second-order valence-corrected chi connectivity index (χ2v) is 4.87. The summed E-state index contributed by atoms with van der Waals surface area (Å²) < 4.78 is 28.8. The number of nitrogens with one attached hydrogen (secondary N) is 1. The number of nitrogens with two attached hydrogens (primary N) is 1. The zero-order chi connectivity index (χ0) is 14.4. The van der Waals surface area contributed by atoms with E-state index in [-0.39, 0.29) is 0 Å². The van der Waals surface area contributed by atoms with Crippen LogP contribution in [0, 0.1) is 0 Å². The van der Waals surface area contributed by atoms with E-state index in [0.717, 1.165) is 17.7 Å². The topological polar surface area (TPSA) is 87.4 Å². The molecule has 2 aromatic carbocycles. The van der Waals surface area contributed by atoms with Crippen LogP contribution < -0.4 is 15.2 Å². The lowest BCUT2D eigenvalue weighted by Gasteiger charge is -2.10. The fourth-order valence-corrected chi connectivity index (χ4v) is 2.01. The van der Waals surface area contributed by atoms with Gasteiger partial charge in [-0.2, -0.15) is 0 Å². The highest BCUT2D eigenvalue weighted by Crippen LogP contribution is 2.16. The van der Waals surface area contributed by atoms with Crippen molar-refractivity contribution in [1.29, 1.82) is 0 Å². The summed E-state index contributed by atoms with van der Waals surface area (Å²) in [7, 11) is 0. The SMILES string of the molecule is Nc1ccc(CCOc2ccc(NS(=O)[O-])cc2)cc1. The molecule has 20 heavy (non-hydrogen) atoms. The zero-order valence-corrected chi connectivity index (χ0v) is 11.6. The van der Waals surface area contributed by atoms with E-state index in [1.807, 2.05) is 24.3 Å². The van der Waals surface area contributed by atoms with Crippen LogP contribution in [0.4, 0.5) is 11.4 Å². The van der Waals surface area contributed by atoms with Crippen LogP contribution >= 0.6 is 0 Å². The minimum Gasteiger partial charge on any atom is -0.755 e. The molecule has 0 bridgehead atoms. The summed E-state index contributed by atoms with van der Waals surface area (Å²) in [6.45, 7) is 0.546. The van der Waals surface area contributed by atoms with Crippen LogP contribution in [0.1, 0.15) is 5.56 Å². The van der Waals surface area contributed by atoms with Gasteiger partial charge in [0.2, 0.25) is 0 Å². The van der Waals surface area contributed by atoms with Crippen LogP contribution in [0.2, 0.25) is 0 Å². The van der Waals surface area contributed by atoms with Crippen molar-refractivity contribution in [2.45, 2.75) is 6.42 Å². The van der Waals surface area contributed by atoms with Gasteiger partial charge in [-0.15, -0.1) is 0 Å². The molecule has 2 aromatic rings. The third kappa shape index (κ3) is 4.56. The first-order valence-corrected chi connectivity index (χ1v) is 7.14. The average molecular weight is 291 g/mol. The molecule has 106 valence electrons. The highest BCUT2D eigenvalue weighted by atomic mass is 32.2. The van der Waals surface area contributed by atoms with Crippen LogP contribution in [0.3, 0.4) is 0 Å². The maximum Gasteiger partial charge on any atom is 0.119 e. The Morgan fingerprint density at radius 3 is 2.35 bits per heavy atom. The molecule has 0 aliphatic heterocycles. The van der Waals surface area contributed by atoms with E-state index in [2.05, 4.69) is 4.72 Å². The van der Waals surface area contributed by atoms with Gasteiger partial charge in [-0.05, 0) is 42.0 Å². The molecule has 0 aromatic heterocycles. The third-order valence-corrected chi connectivity index (χ3v) is 3.10. The van der Waals surface area contributed by atoms with E-state index >= 15 is 0 Å². The quantitative estimate of drug-likeness (QED) is 0.630. The number of nitrogen functional groups attached to an aromatic ring is 1. The summed E-state index contributed by atoms with van der Waals surface area (Å²) in [5.41, 5.74) is 8.01. The van der Waals surface area contributed by atoms with Gasteiger partial charge in [-0.3, -0.25) is 4.21 Å². The molecule has 1 unspecified atom stereocenters. The first-order valence-electron chi connectivity index (χ1n) is 6.07. The van der Waals surface area contributed by atoms with Gasteiger partial charge in [0.25, 0.3) is 0 Å². The molecule has 0 radical (unpaired) electrons. The van der Waals surface area contributed by atoms with Gasteiger partial charge in [0.05, 0.1) is 6.61 Å². The first-order chi connectivity index (χ1) is 9.63. The summed E-state index contributed by atoms with van der Waals surface area (Å²) in [4.78, 5) is 0. The van der Waals surface area contributed by atoms with Crippen molar-refractivity contribution in [3.05, 3.63) is 54.1 Å². The van der Waals surface area contributed by atoms with E-state index in [9.17, 15) is 8.76 Å². The summed E-state index contributed by atoms with van der Waals surface area (Å²) >= 11 is -2.31. The zero-order valence-electron chi connectivity index (χ0n) is 10.7. The van der Waals surface area contributed by atoms with Crippen molar-refractivity contribution in [2.24, 2.45) is 0 Å². The normalized spacial score (nSPS) is 11.8. The van der Waals surface area contributed by atoms with Gasteiger partial charge >= 0.3 is 0 Å². The Kier molecular flexibility index (Phi) is 4.97. The predicted molar refractivity (Wildman–Crippen MR) is 79.0 cm³/mol. The molecular weight excluding hydrogens is 276 g/mol. The number of hydrogen-bond donors (Lipinski definition) is 2. The first kappa shape index (κ1) is 14.4. The number of rotatable bonds is 6. The number of hydrogen-bond acceptors (Lipinski definition) is 4. The van der Waals surface area contributed by atoms with Crippen molar-refractivity contribution in [3.8, 4) is 5.75 Å². The fourth-order valence-electron chi connectivity index (χ4n) is 1.69. The number of benzene rings is 2. The smallest absolute Gasteiger partial charge is 0.119 e. The molecule has 6 heteroatoms. The molecule has 1 atom stereocenters. The maximum absolute atomic E-state index is 10.5. The predicted octanol–water partition coefficient (Wildman–Crippen LogP) is 2.10. The summed E-state index contributed by atoms with van der Waals surface area (Å²) in [5.74, 6) is 0.697. The minimum absolute atomic E-state index is 0.504. The second kappa shape index (κ2) is 6.93. The van der Waals surface area contributed by atoms with Crippen molar-refractivity contribution in [3.63, 3.8) is 0 Å². The molecule has 0 amide bonds. The van der Waals surface area contributed by atoms with Gasteiger partial charge in [0.15, 0.2) is 0 Å². The molecule has 0 saturated heterocycles. The Morgan fingerprint density at radius 2 is 1.75 bits per heavy atom. The fraction of sp³-hybridized carbons (Fsp3) is 0.143. The molecule has 0 aliphatic rings. The summed E-state index contributed by atoms with van der Waals surface area (Å²) in [6, 6.07) is 14.4. The molecule has 3 N–H and O–H groups in total. The largest absolute Gasteiger partial charge is 0.755 e. The van der Waals surface area contributed by atoms with E-state index in [1.54, 1.807) is 24.3 Å². The van der Waals surface area contributed by atoms with Crippen molar-refractivity contribution in [2.75, 3.05) is 17.1 Å². The highest BCUT2D eigenvalue weighted by molar-refractivity contribution is 7.80. The summed E-state index contributed by atoms with van der Waals surface area (Å²) in [6.07, 6.45) is 0.783. The van der Waals surface area contributed by atoms with E-state index < -0.39 is 11.3 Å². The Bertz CT molecular complexity index is 570. The van der Waals surface area contributed by atoms with Crippen LogP contribution in [0.15, 0.2) is 48.5 Å². The minimum atomic E-state index is -2.31. The Hall–Kier alpha value is -2.05. The maximum atomic E-state index is 10.5. The van der Waals surface area contributed by atoms with Crippen LogP contribution in [-0.4, -0.2) is 15.4 Å². The van der Waals surface area contributed by atoms with Gasteiger partial charge in [-0.25, -0.2) is 0 Å². The van der Waals surface area contributed by atoms with Crippen LogP contribution in [-0.2, 0) is 17.7 Å². The van der Waals surface area contributed by atoms with Gasteiger partial charge in [0.1, 0.15) is 5.75 Å². The Labute approximate surface area is 120 Å². The molecule has 0 fully saturated rings. The van der Waals surface area contributed by atoms with Crippen molar-refractivity contribution >= 4 is 22.6 Å². The monoisotopic (exact) mass is 291 g/mol. The van der Waals surface area contributed by atoms with Gasteiger partial charge in [-0.1, -0.05) is 12.1 Å². The second-order valence-electron chi connectivity index (χ2n) is 4.20. The summed E-state index contributed by atoms with van der Waals surface area (Å²) in [5, 5.41) is 0. The molecular formula is C14H15N2O3S-. The molecule has 2 rings (SSSR count). The number of ether oxygens (including phenoxy) is 1. The molecule has 0 aliphatic carbocycles. The number of anilines is 2. The molecule has 0 saturated carbocycles. The van der Waals surface area contributed by atoms with Gasteiger partial charge < -0.3 is 19.7 Å². The van der Waals surface area contributed by atoms with Crippen LogP contribution in [0.25, 0.3) is 0 Å². The lowest BCUT2D eigenvalue weighted by molar-refractivity contribution is 0.322. The lowest BCUT2D eigenvalue weighted by Crippen LogP contribution is -2.03. The average Bonchev–Trinajstić information content (AvgIpc) is 2.42. The Morgan fingerprint density at radius 1 is 1.10 bits per heavy atom. The van der Waals surface area contributed by atoms with Crippen molar-refractivity contribution < 1.29 is 13.5 Å². The van der Waals surface area contributed by atoms with Crippen molar-refractivity contribution in [1.82, 2.24) is 0 Å². The Balaban J connectivity index is 1.82. The molecule has 0 heterocycles. The van der Waals surface area contributed by atoms with Gasteiger partial charge in [0, 0.05) is 29.1 Å². The standard InChI is InChI=1S/C14H16N2O3S/c15-12-3-1-11(2-4-12)9-10-19-14-7-5-13(6-8-14)16-20(17)18/h1-8,16H,9-10,15H2,(H,17,18)/p-1. The lowest BCUT2D eigenvalue weighted by atomic mass is 10.1. The molecule has 0 spiro atoms. The van der Waals surface area contributed by atoms with E-state index in [0.29, 0.717) is 18.0 Å². The molecule has 5 nitrogen and oxygen atoms in total. The van der Waals surface area contributed by atoms with E-state index in [1.165, 1.54) is 0 Å². The van der Waals surface area contributed by atoms with Crippen LogP contribution in [0.5, 0.6) is 5.75 Å². The highest BCUT2D eigenvalue weighted by Gasteiger charge is 1.97.